The Balaban J connectivity index is 2.72. The number of alkyl halides is 1. The van der Waals surface area contributed by atoms with E-state index in [0.717, 1.165) is 0 Å². The minimum absolute atomic E-state index is 0.115. The van der Waals surface area contributed by atoms with Crippen molar-refractivity contribution in [2.45, 2.75) is 23.6 Å². The molecule has 0 amide bonds. The molecule has 6 heteroatoms. The lowest BCUT2D eigenvalue weighted by molar-refractivity contribution is 0.563. The quantitative estimate of drug-likeness (QED) is 0.837. The number of sulfonamides is 1. The molecule has 0 heterocycles. The van der Waals surface area contributed by atoms with Gasteiger partial charge in [0, 0.05) is 16.4 Å². The summed E-state index contributed by atoms with van der Waals surface area (Å²) >= 11 is 9.14. The molecular formula is C11H15BrClNO2S. The van der Waals surface area contributed by atoms with Crippen molar-refractivity contribution < 1.29 is 8.42 Å². The molecule has 0 aromatic heterocycles. The maximum absolute atomic E-state index is 11.9. The summed E-state index contributed by atoms with van der Waals surface area (Å²) < 4.78 is 26.3. The average molecular weight is 341 g/mol. The number of hydrogen-bond acceptors (Lipinski definition) is 2. The Hall–Kier alpha value is -0.100. The lowest BCUT2D eigenvalue weighted by Gasteiger charge is -2.14. The Morgan fingerprint density at radius 1 is 1.29 bits per heavy atom. The highest BCUT2D eigenvalue weighted by atomic mass is 79.9. The van der Waals surface area contributed by atoms with Gasteiger partial charge in [0.1, 0.15) is 0 Å². The minimum Gasteiger partial charge on any atom is -0.210 e. The van der Waals surface area contributed by atoms with Gasteiger partial charge < -0.3 is 0 Å². The molecule has 1 rings (SSSR count). The van der Waals surface area contributed by atoms with Crippen LogP contribution in [0.4, 0.5) is 0 Å². The first-order valence-electron chi connectivity index (χ1n) is 5.22. The van der Waals surface area contributed by atoms with Crippen LogP contribution in [-0.2, 0) is 10.0 Å². The molecule has 1 unspecified atom stereocenters. The maximum atomic E-state index is 11.9. The predicted octanol–water partition coefficient (Wildman–Crippen LogP) is 3.04. The molecule has 1 aromatic carbocycles. The monoisotopic (exact) mass is 339 g/mol. The van der Waals surface area contributed by atoms with E-state index in [0.29, 0.717) is 17.5 Å². The molecule has 0 bridgehead atoms. The van der Waals surface area contributed by atoms with Gasteiger partial charge >= 0.3 is 0 Å². The van der Waals surface area contributed by atoms with Gasteiger partial charge in [-0.3, -0.25) is 0 Å². The smallest absolute Gasteiger partial charge is 0.210 e. The SMILES string of the molecule is CC(C)C(Br)CNS(=O)(=O)c1ccc(Cl)cc1. The van der Waals surface area contributed by atoms with Gasteiger partial charge in [0.05, 0.1) is 4.90 Å². The molecule has 0 aliphatic heterocycles. The standard InChI is InChI=1S/C11H15BrClNO2S/c1-8(2)11(12)7-14-17(15,16)10-5-3-9(13)4-6-10/h3-6,8,11,14H,7H2,1-2H3. The zero-order chi connectivity index (χ0) is 13.1. The van der Waals surface area contributed by atoms with Gasteiger partial charge in [-0.2, -0.15) is 0 Å². The van der Waals surface area contributed by atoms with E-state index in [4.69, 9.17) is 11.6 Å². The third kappa shape index (κ3) is 4.58. The van der Waals surface area contributed by atoms with Crippen LogP contribution in [-0.4, -0.2) is 19.8 Å². The summed E-state index contributed by atoms with van der Waals surface area (Å²) in [5.41, 5.74) is 0. The van der Waals surface area contributed by atoms with Crippen molar-refractivity contribution in [2.75, 3.05) is 6.54 Å². The summed E-state index contributed by atoms with van der Waals surface area (Å²) in [5.74, 6) is 0.364. The molecule has 0 fully saturated rings. The van der Waals surface area contributed by atoms with Crippen LogP contribution in [0.1, 0.15) is 13.8 Å². The number of hydrogen-bond donors (Lipinski definition) is 1. The van der Waals surface area contributed by atoms with Crippen LogP contribution >= 0.6 is 27.5 Å². The summed E-state index contributed by atoms with van der Waals surface area (Å²) in [7, 11) is -3.44. The molecule has 0 saturated heterocycles. The van der Waals surface area contributed by atoms with Gasteiger partial charge in [-0.25, -0.2) is 13.1 Å². The molecule has 3 nitrogen and oxygen atoms in total. The van der Waals surface area contributed by atoms with Crippen LogP contribution < -0.4 is 4.72 Å². The zero-order valence-electron chi connectivity index (χ0n) is 9.65. The van der Waals surface area contributed by atoms with Gasteiger partial charge in [-0.1, -0.05) is 41.4 Å². The Bertz CT molecular complexity index is 459. The number of benzene rings is 1. The molecule has 0 spiro atoms. The van der Waals surface area contributed by atoms with Gasteiger partial charge in [-0.15, -0.1) is 0 Å². The van der Waals surface area contributed by atoms with Gasteiger partial charge in [0.2, 0.25) is 10.0 Å². The molecule has 0 aliphatic rings. The molecular weight excluding hydrogens is 326 g/mol. The second-order valence-electron chi connectivity index (χ2n) is 4.07. The Kier molecular flexibility index (Phi) is 5.44. The number of halogens is 2. The molecule has 0 radical (unpaired) electrons. The topological polar surface area (TPSA) is 46.2 Å². The lowest BCUT2D eigenvalue weighted by Crippen LogP contribution is -2.31. The van der Waals surface area contributed by atoms with Gasteiger partial charge in [-0.05, 0) is 30.2 Å². The summed E-state index contributed by atoms with van der Waals surface area (Å²) in [6.45, 7) is 4.41. The molecule has 17 heavy (non-hydrogen) atoms. The Morgan fingerprint density at radius 2 is 1.82 bits per heavy atom. The van der Waals surface area contributed by atoms with Crippen LogP contribution in [0.5, 0.6) is 0 Å². The summed E-state index contributed by atoms with van der Waals surface area (Å²) in [4.78, 5) is 0.343. The molecule has 0 aliphatic carbocycles. The van der Waals surface area contributed by atoms with E-state index in [-0.39, 0.29) is 9.72 Å². The highest BCUT2D eigenvalue weighted by molar-refractivity contribution is 9.09. The van der Waals surface area contributed by atoms with E-state index in [1.54, 1.807) is 12.1 Å². The summed E-state index contributed by atoms with van der Waals surface area (Å²) in [6, 6.07) is 6.10. The normalized spacial score (nSPS) is 13.9. The third-order valence-corrected chi connectivity index (χ3v) is 5.39. The number of nitrogens with one attached hydrogen (secondary N) is 1. The van der Waals surface area contributed by atoms with Crippen LogP contribution in [0.3, 0.4) is 0 Å². The Morgan fingerprint density at radius 3 is 2.29 bits per heavy atom. The average Bonchev–Trinajstić information content (AvgIpc) is 2.26. The molecule has 1 N–H and O–H groups in total. The van der Waals surface area contributed by atoms with Crippen LogP contribution in [0.2, 0.25) is 5.02 Å². The first-order valence-corrected chi connectivity index (χ1v) is 8.00. The van der Waals surface area contributed by atoms with Crippen molar-refractivity contribution in [1.29, 1.82) is 0 Å². The number of rotatable bonds is 5. The van der Waals surface area contributed by atoms with E-state index < -0.39 is 10.0 Å². The first-order chi connectivity index (χ1) is 7.83. The van der Waals surface area contributed by atoms with Gasteiger partial charge in [0.15, 0.2) is 0 Å². The van der Waals surface area contributed by atoms with Crippen molar-refractivity contribution in [3.63, 3.8) is 0 Å². The van der Waals surface area contributed by atoms with Gasteiger partial charge in [0.25, 0.3) is 0 Å². The zero-order valence-corrected chi connectivity index (χ0v) is 12.8. The fourth-order valence-corrected chi connectivity index (χ4v) is 2.68. The van der Waals surface area contributed by atoms with Crippen molar-refractivity contribution in [3.8, 4) is 0 Å². The summed E-state index contributed by atoms with van der Waals surface area (Å²) in [6.07, 6.45) is 0. The fourth-order valence-electron chi connectivity index (χ4n) is 1.12. The van der Waals surface area contributed by atoms with E-state index in [2.05, 4.69) is 20.7 Å². The largest absolute Gasteiger partial charge is 0.240 e. The molecule has 1 aromatic rings. The van der Waals surface area contributed by atoms with E-state index in [1.807, 2.05) is 13.8 Å². The van der Waals surface area contributed by atoms with Crippen molar-refractivity contribution in [1.82, 2.24) is 4.72 Å². The fraction of sp³-hybridized carbons (Fsp3) is 0.455. The van der Waals surface area contributed by atoms with Crippen LogP contribution in [0, 0.1) is 5.92 Å². The Labute approximate surface area is 116 Å². The highest BCUT2D eigenvalue weighted by Gasteiger charge is 2.16. The molecule has 1 atom stereocenters. The van der Waals surface area contributed by atoms with Crippen LogP contribution in [0.15, 0.2) is 29.2 Å². The van der Waals surface area contributed by atoms with E-state index >= 15 is 0 Å². The second kappa shape index (κ2) is 6.18. The maximum Gasteiger partial charge on any atom is 0.240 e. The van der Waals surface area contributed by atoms with Crippen molar-refractivity contribution in [3.05, 3.63) is 29.3 Å². The highest BCUT2D eigenvalue weighted by Crippen LogP contribution is 2.15. The first kappa shape index (κ1) is 15.0. The lowest BCUT2D eigenvalue weighted by atomic mass is 10.1. The van der Waals surface area contributed by atoms with Crippen molar-refractivity contribution in [2.24, 2.45) is 5.92 Å². The minimum atomic E-state index is -3.44. The van der Waals surface area contributed by atoms with Crippen molar-refractivity contribution >= 4 is 37.6 Å². The van der Waals surface area contributed by atoms with Crippen LogP contribution in [0.25, 0.3) is 0 Å². The van der Waals surface area contributed by atoms with E-state index in [1.165, 1.54) is 12.1 Å². The second-order valence-corrected chi connectivity index (χ2v) is 7.45. The third-order valence-electron chi connectivity index (χ3n) is 2.32. The molecule has 96 valence electrons. The van der Waals surface area contributed by atoms with E-state index in [9.17, 15) is 8.42 Å². The molecule has 0 saturated carbocycles. The summed E-state index contributed by atoms with van der Waals surface area (Å²) in [5, 5.41) is 0.518. The predicted molar refractivity (Wildman–Crippen MR) is 74.2 cm³/mol.